The zero-order valence-electron chi connectivity index (χ0n) is 17.7. The fourth-order valence-electron chi connectivity index (χ4n) is 3.34. The maximum atomic E-state index is 12.0. The molecule has 0 bridgehead atoms. The van der Waals surface area contributed by atoms with Gasteiger partial charge in [-0.05, 0) is 43.7 Å². The van der Waals surface area contributed by atoms with Gasteiger partial charge >= 0.3 is 0 Å². The van der Waals surface area contributed by atoms with Crippen molar-refractivity contribution in [2.45, 2.75) is 45.2 Å². The van der Waals surface area contributed by atoms with Gasteiger partial charge < -0.3 is 20.7 Å². The van der Waals surface area contributed by atoms with E-state index in [4.69, 9.17) is 4.74 Å². The van der Waals surface area contributed by atoms with Crippen LogP contribution in [0.5, 0.6) is 5.75 Å². The lowest BCUT2D eigenvalue weighted by molar-refractivity contribution is -0.121. The van der Waals surface area contributed by atoms with Crippen LogP contribution in [0.4, 0.5) is 0 Å². The second-order valence-electron chi connectivity index (χ2n) is 8.14. The van der Waals surface area contributed by atoms with Gasteiger partial charge in [-0.25, -0.2) is 8.42 Å². The molecule has 1 aliphatic heterocycles. The number of carbonyl (C=O) groups excluding carboxylic acids is 1. The molecular formula is C21H32N4O4S. The fourth-order valence-corrected chi connectivity index (χ4v) is 5.01. The number of nitrogens with zero attached hydrogens (tertiary/aromatic N) is 1. The van der Waals surface area contributed by atoms with Crippen molar-refractivity contribution in [3.8, 4) is 5.75 Å². The molecule has 30 heavy (non-hydrogen) atoms. The topological polar surface area (TPSA) is 109 Å². The molecule has 0 aromatic heterocycles. The average Bonchev–Trinajstić information content (AvgIpc) is 3.46. The van der Waals surface area contributed by atoms with Crippen molar-refractivity contribution in [1.29, 1.82) is 0 Å². The van der Waals surface area contributed by atoms with E-state index < -0.39 is 9.84 Å². The third kappa shape index (κ3) is 7.19. The van der Waals surface area contributed by atoms with Gasteiger partial charge in [-0.3, -0.25) is 9.79 Å². The number of carbonyl (C=O) groups is 1. The Morgan fingerprint density at radius 2 is 2.03 bits per heavy atom. The number of rotatable bonds is 9. The molecule has 1 heterocycles. The van der Waals surface area contributed by atoms with Crippen LogP contribution in [-0.2, 0) is 21.2 Å². The van der Waals surface area contributed by atoms with E-state index in [1.165, 1.54) is 12.8 Å². The van der Waals surface area contributed by atoms with Crippen molar-refractivity contribution >= 4 is 21.7 Å². The standard InChI is InChI=1S/C21H32N4O4S/c1-15-3-6-17(19(11-15)29-13-16-4-5-16)12-24-21(22-2)23-9-7-20(26)25-18-8-10-30(27,28)14-18/h3,6,11,16,18H,4-5,7-10,12-14H2,1-2H3,(H,25,26)(H2,22,23,24). The van der Waals surface area contributed by atoms with Gasteiger partial charge in [-0.15, -0.1) is 0 Å². The number of hydrogen-bond donors (Lipinski definition) is 3. The number of guanidine groups is 1. The second-order valence-corrected chi connectivity index (χ2v) is 10.4. The van der Waals surface area contributed by atoms with Gasteiger partial charge in [0.25, 0.3) is 0 Å². The number of nitrogens with one attached hydrogen (secondary N) is 3. The lowest BCUT2D eigenvalue weighted by Gasteiger charge is -2.16. The van der Waals surface area contributed by atoms with Crippen LogP contribution >= 0.6 is 0 Å². The molecule has 2 fully saturated rings. The number of aliphatic imine (C=N–C) groups is 1. The average molecular weight is 437 g/mol. The van der Waals surface area contributed by atoms with Crippen LogP contribution in [0.2, 0.25) is 0 Å². The third-order valence-corrected chi connectivity index (χ3v) is 7.07. The maximum Gasteiger partial charge on any atom is 0.222 e. The SMILES string of the molecule is CN=C(NCCC(=O)NC1CCS(=O)(=O)C1)NCc1ccc(C)cc1OCC1CC1. The molecule has 2 aliphatic rings. The minimum Gasteiger partial charge on any atom is -0.493 e. The molecule has 1 saturated heterocycles. The Bertz CT molecular complexity index is 881. The van der Waals surface area contributed by atoms with E-state index in [2.05, 4.69) is 39.1 Å². The lowest BCUT2D eigenvalue weighted by Crippen LogP contribution is -2.41. The summed E-state index contributed by atoms with van der Waals surface area (Å²) in [5.41, 5.74) is 2.22. The van der Waals surface area contributed by atoms with Gasteiger partial charge in [0.2, 0.25) is 5.91 Å². The smallest absolute Gasteiger partial charge is 0.222 e. The predicted molar refractivity (Wildman–Crippen MR) is 117 cm³/mol. The van der Waals surface area contributed by atoms with Crippen LogP contribution in [0.1, 0.15) is 36.8 Å². The molecule has 1 atom stereocenters. The van der Waals surface area contributed by atoms with Crippen molar-refractivity contribution in [3.05, 3.63) is 29.3 Å². The number of benzene rings is 1. The molecule has 8 nitrogen and oxygen atoms in total. The molecule has 1 saturated carbocycles. The van der Waals surface area contributed by atoms with Crippen molar-refractivity contribution in [2.24, 2.45) is 10.9 Å². The van der Waals surface area contributed by atoms with Gasteiger partial charge in [-0.2, -0.15) is 0 Å². The molecule has 0 radical (unpaired) electrons. The van der Waals surface area contributed by atoms with Gasteiger partial charge in [0.15, 0.2) is 15.8 Å². The molecule has 1 aliphatic carbocycles. The molecule has 3 rings (SSSR count). The van der Waals surface area contributed by atoms with Crippen molar-refractivity contribution < 1.29 is 17.9 Å². The highest BCUT2D eigenvalue weighted by molar-refractivity contribution is 7.91. The Labute approximate surface area is 178 Å². The molecule has 1 amide bonds. The summed E-state index contributed by atoms with van der Waals surface area (Å²) in [5, 5.41) is 9.17. The minimum absolute atomic E-state index is 0.0388. The highest BCUT2D eigenvalue weighted by atomic mass is 32.2. The highest BCUT2D eigenvalue weighted by Crippen LogP contribution is 2.30. The first-order chi connectivity index (χ1) is 14.3. The fraction of sp³-hybridized carbons (Fsp3) is 0.619. The number of ether oxygens (including phenoxy) is 1. The second kappa shape index (κ2) is 10.1. The number of sulfone groups is 1. The summed E-state index contributed by atoms with van der Waals surface area (Å²) in [5.74, 6) is 2.22. The van der Waals surface area contributed by atoms with Crippen LogP contribution in [-0.4, -0.2) is 58.0 Å². The molecule has 0 spiro atoms. The monoisotopic (exact) mass is 436 g/mol. The molecule has 1 unspecified atom stereocenters. The molecule has 166 valence electrons. The first-order valence-corrected chi connectivity index (χ1v) is 12.3. The van der Waals surface area contributed by atoms with Crippen LogP contribution in [0.15, 0.2) is 23.2 Å². The molecule has 3 N–H and O–H groups in total. The largest absolute Gasteiger partial charge is 0.493 e. The van der Waals surface area contributed by atoms with Crippen LogP contribution < -0.4 is 20.7 Å². The normalized spacial score (nSPS) is 20.6. The Morgan fingerprint density at radius 3 is 2.70 bits per heavy atom. The van der Waals surface area contributed by atoms with Crippen molar-refractivity contribution in [3.63, 3.8) is 0 Å². The predicted octanol–water partition coefficient (Wildman–Crippen LogP) is 1.14. The molecule has 1 aromatic rings. The van der Waals surface area contributed by atoms with Crippen LogP contribution in [0.3, 0.4) is 0 Å². The molecular weight excluding hydrogens is 404 g/mol. The van der Waals surface area contributed by atoms with E-state index in [1.54, 1.807) is 7.05 Å². The maximum absolute atomic E-state index is 12.0. The zero-order chi connectivity index (χ0) is 21.6. The summed E-state index contributed by atoms with van der Waals surface area (Å²) >= 11 is 0. The van der Waals surface area contributed by atoms with E-state index in [9.17, 15) is 13.2 Å². The van der Waals surface area contributed by atoms with Crippen LogP contribution in [0.25, 0.3) is 0 Å². The summed E-state index contributed by atoms with van der Waals surface area (Å²) < 4.78 is 29.0. The van der Waals surface area contributed by atoms with Crippen molar-refractivity contribution in [2.75, 3.05) is 31.7 Å². The van der Waals surface area contributed by atoms with E-state index in [1.807, 2.05) is 6.92 Å². The third-order valence-electron chi connectivity index (χ3n) is 5.31. The summed E-state index contributed by atoms with van der Waals surface area (Å²) in [4.78, 5) is 16.2. The van der Waals surface area contributed by atoms with E-state index in [0.717, 1.165) is 23.5 Å². The first kappa shape index (κ1) is 22.4. The Hall–Kier alpha value is -2.29. The van der Waals surface area contributed by atoms with Gasteiger partial charge in [0.1, 0.15) is 5.75 Å². The zero-order valence-corrected chi connectivity index (χ0v) is 18.6. The summed E-state index contributed by atoms with van der Waals surface area (Å²) in [6, 6.07) is 5.91. The van der Waals surface area contributed by atoms with Gasteiger partial charge in [0.05, 0.1) is 18.1 Å². The van der Waals surface area contributed by atoms with Crippen LogP contribution in [0, 0.1) is 12.8 Å². The van der Waals surface area contributed by atoms with E-state index >= 15 is 0 Å². The number of amides is 1. The summed E-state index contributed by atoms with van der Waals surface area (Å²) in [7, 11) is -1.32. The highest BCUT2D eigenvalue weighted by Gasteiger charge is 2.28. The van der Waals surface area contributed by atoms with E-state index in [0.29, 0.717) is 31.4 Å². The van der Waals surface area contributed by atoms with E-state index in [-0.39, 0.29) is 29.9 Å². The van der Waals surface area contributed by atoms with Gasteiger partial charge in [0, 0.05) is 38.2 Å². The summed E-state index contributed by atoms with van der Waals surface area (Å²) in [6.07, 6.45) is 3.24. The lowest BCUT2D eigenvalue weighted by atomic mass is 10.1. The quantitative estimate of drug-likeness (QED) is 0.396. The Balaban J connectivity index is 1.41. The minimum atomic E-state index is -2.99. The molecule has 1 aromatic carbocycles. The summed E-state index contributed by atoms with van der Waals surface area (Å²) in [6.45, 7) is 3.78. The Kier molecular flexibility index (Phi) is 7.58. The van der Waals surface area contributed by atoms with Gasteiger partial charge in [-0.1, -0.05) is 12.1 Å². The molecule has 9 heteroatoms. The first-order valence-electron chi connectivity index (χ1n) is 10.5. The van der Waals surface area contributed by atoms with Crippen molar-refractivity contribution in [1.82, 2.24) is 16.0 Å². The number of hydrogen-bond acceptors (Lipinski definition) is 5. The Morgan fingerprint density at radius 1 is 1.23 bits per heavy atom. The number of aryl methyl sites for hydroxylation is 1.